The van der Waals surface area contributed by atoms with E-state index in [4.69, 9.17) is 5.11 Å². The van der Waals surface area contributed by atoms with Crippen LogP contribution in [0.1, 0.15) is 11.5 Å². The summed E-state index contributed by atoms with van der Waals surface area (Å²) in [6, 6.07) is 4.15. The largest absolute Gasteiger partial charge is 0.481 e. The molecule has 0 aliphatic heterocycles. The molecule has 0 radical (unpaired) electrons. The fraction of sp³-hybridized carbons (Fsp3) is 0.182. The molecule has 5 heteroatoms. The van der Waals surface area contributed by atoms with Gasteiger partial charge in [0.15, 0.2) is 0 Å². The Bertz CT molecular complexity index is 569. The van der Waals surface area contributed by atoms with E-state index < -0.39 is 5.97 Å². The average molecular weight is 220 g/mol. The normalized spacial score (nSPS) is 10.6. The first kappa shape index (κ1) is 10.5. The first-order valence-electron chi connectivity index (χ1n) is 4.71. The highest BCUT2D eigenvalue weighted by Crippen LogP contribution is 2.16. The number of hydrogen-bond acceptors (Lipinski definition) is 3. The summed E-state index contributed by atoms with van der Waals surface area (Å²) in [5.41, 5.74) is 1.14. The van der Waals surface area contributed by atoms with Crippen LogP contribution in [0.4, 0.5) is 4.39 Å². The van der Waals surface area contributed by atoms with Gasteiger partial charge in [-0.15, -0.1) is 0 Å². The van der Waals surface area contributed by atoms with E-state index in [0.29, 0.717) is 16.6 Å². The fourth-order valence-corrected chi connectivity index (χ4v) is 1.53. The standard InChI is InChI=1S/C11H9FN2O2/c1-6-8-4-7(12)2-3-9(8)14-10(13-6)5-11(15)16/h2-4H,5H2,1H3,(H,15,16). The van der Waals surface area contributed by atoms with E-state index in [-0.39, 0.29) is 18.1 Å². The Balaban J connectivity index is 2.59. The molecular formula is C11H9FN2O2. The minimum atomic E-state index is -0.985. The molecule has 0 unspecified atom stereocenters. The van der Waals surface area contributed by atoms with Crippen molar-refractivity contribution in [1.29, 1.82) is 0 Å². The lowest BCUT2D eigenvalue weighted by Gasteiger charge is -2.03. The van der Waals surface area contributed by atoms with E-state index in [1.807, 2.05) is 0 Å². The van der Waals surface area contributed by atoms with Crippen molar-refractivity contribution in [2.45, 2.75) is 13.3 Å². The van der Waals surface area contributed by atoms with Crippen molar-refractivity contribution in [3.63, 3.8) is 0 Å². The van der Waals surface area contributed by atoms with Crippen LogP contribution in [0.15, 0.2) is 18.2 Å². The van der Waals surface area contributed by atoms with E-state index in [1.54, 1.807) is 6.92 Å². The fourth-order valence-electron chi connectivity index (χ4n) is 1.53. The van der Waals surface area contributed by atoms with Crippen LogP contribution in [-0.2, 0) is 11.2 Å². The molecule has 0 aliphatic carbocycles. The number of carbonyl (C=O) groups is 1. The second-order valence-electron chi connectivity index (χ2n) is 3.46. The molecular weight excluding hydrogens is 211 g/mol. The summed E-state index contributed by atoms with van der Waals surface area (Å²) in [7, 11) is 0. The summed E-state index contributed by atoms with van der Waals surface area (Å²) in [5, 5.41) is 9.24. The van der Waals surface area contributed by atoms with Gasteiger partial charge in [0.1, 0.15) is 18.1 Å². The molecule has 0 spiro atoms. The zero-order valence-electron chi connectivity index (χ0n) is 8.57. The molecule has 0 bridgehead atoms. The smallest absolute Gasteiger partial charge is 0.311 e. The molecule has 1 aromatic heterocycles. The summed E-state index contributed by atoms with van der Waals surface area (Å²) in [6.45, 7) is 1.70. The maximum Gasteiger partial charge on any atom is 0.311 e. The SMILES string of the molecule is Cc1nc(CC(=O)O)nc2ccc(F)cc12. The molecule has 1 N–H and O–H groups in total. The van der Waals surface area contributed by atoms with Crippen LogP contribution >= 0.6 is 0 Å². The zero-order valence-corrected chi connectivity index (χ0v) is 8.57. The molecule has 16 heavy (non-hydrogen) atoms. The number of carboxylic acids is 1. The number of rotatable bonds is 2. The van der Waals surface area contributed by atoms with E-state index in [1.165, 1.54) is 18.2 Å². The Labute approximate surface area is 90.8 Å². The third-order valence-electron chi connectivity index (χ3n) is 2.20. The molecule has 0 amide bonds. The van der Waals surface area contributed by atoms with Crippen molar-refractivity contribution < 1.29 is 14.3 Å². The summed E-state index contributed by atoms with van der Waals surface area (Å²) in [6.07, 6.45) is -0.228. The van der Waals surface area contributed by atoms with Gasteiger partial charge in [-0.2, -0.15) is 0 Å². The summed E-state index contributed by atoms with van der Waals surface area (Å²) in [4.78, 5) is 18.6. The molecule has 1 aromatic carbocycles. The first-order chi connectivity index (χ1) is 7.56. The van der Waals surface area contributed by atoms with Crippen LogP contribution in [0.2, 0.25) is 0 Å². The van der Waals surface area contributed by atoms with Crippen molar-refractivity contribution in [1.82, 2.24) is 9.97 Å². The third-order valence-corrected chi connectivity index (χ3v) is 2.20. The number of carboxylic acid groups (broad SMARTS) is 1. The van der Waals surface area contributed by atoms with Gasteiger partial charge in [-0.1, -0.05) is 0 Å². The van der Waals surface area contributed by atoms with Gasteiger partial charge >= 0.3 is 5.97 Å². The van der Waals surface area contributed by atoms with Crippen LogP contribution in [0.25, 0.3) is 10.9 Å². The maximum absolute atomic E-state index is 13.0. The number of halogens is 1. The van der Waals surface area contributed by atoms with Crippen LogP contribution in [0, 0.1) is 12.7 Å². The van der Waals surface area contributed by atoms with E-state index >= 15 is 0 Å². The minimum absolute atomic E-state index is 0.228. The maximum atomic E-state index is 13.0. The molecule has 2 aromatic rings. The second-order valence-corrected chi connectivity index (χ2v) is 3.46. The Morgan fingerprint density at radius 1 is 1.44 bits per heavy atom. The molecule has 0 fully saturated rings. The Morgan fingerprint density at radius 3 is 2.88 bits per heavy atom. The Hall–Kier alpha value is -2.04. The van der Waals surface area contributed by atoms with E-state index in [2.05, 4.69) is 9.97 Å². The van der Waals surface area contributed by atoms with Gasteiger partial charge in [-0.05, 0) is 25.1 Å². The van der Waals surface area contributed by atoms with Crippen molar-refractivity contribution in [3.05, 3.63) is 35.5 Å². The summed E-state index contributed by atoms with van der Waals surface area (Å²) < 4.78 is 13.0. The molecule has 1 heterocycles. The lowest BCUT2D eigenvalue weighted by atomic mass is 10.2. The molecule has 0 saturated carbocycles. The predicted molar refractivity (Wildman–Crippen MR) is 55.6 cm³/mol. The molecule has 0 aliphatic rings. The highest BCUT2D eigenvalue weighted by atomic mass is 19.1. The molecule has 0 saturated heterocycles. The summed E-state index contributed by atoms with van der Waals surface area (Å²) >= 11 is 0. The molecule has 2 rings (SSSR count). The molecule has 4 nitrogen and oxygen atoms in total. The minimum Gasteiger partial charge on any atom is -0.481 e. The van der Waals surface area contributed by atoms with Crippen LogP contribution in [-0.4, -0.2) is 21.0 Å². The van der Waals surface area contributed by atoms with Crippen molar-refractivity contribution in [2.24, 2.45) is 0 Å². The van der Waals surface area contributed by atoms with Crippen molar-refractivity contribution >= 4 is 16.9 Å². The highest BCUT2D eigenvalue weighted by Gasteiger charge is 2.08. The highest BCUT2D eigenvalue weighted by molar-refractivity contribution is 5.81. The number of aliphatic carboxylic acids is 1. The average Bonchev–Trinajstić information content (AvgIpc) is 2.18. The van der Waals surface area contributed by atoms with Gasteiger partial charge in [-0.25, -0.2) is 14.4 Å². The van der Waals surface area contributed by atoms with E-state index in [0.717, 1.165) is 0 Å². The first-order valence-corrected chi connectivity index (χ1v) is 4.71. The van der Waals surface area contributed by atoms with Crippen molar-refractivity contribution in [2.75, 3.05) is 0 Å². The number of nitrogens with zero attached hydrogens (tertiary/aromatic N) is 2. The van der Waals surface area contributed by atoms with Crippen LogP contribution in [0.5, 0.6) is 0 Å². The Kier molecular flexibility index (Phi) is 2.52. The molecule has 0 atom stereocenters. The van der Waals surface area contributed by atoms with Crippen molar-refractivity contribution in [3.8, 4) is 0 Å². The number of aryl methyl sites for hydroxylation is 1. The van der Waals surface area contributed by atoms with E-state index in [9.17, 15) is 9.18 Å². The van der Waals surface area contributed by atoms with Gasteiger partial charge < -0.3 is 5.11 Å². The van der Waals surface area contributed by atoms with Gasteiger partial charge in [0.25, 0.3) is 0 Å². The van der Waals surface area contributed by atoms with Gasteiger partial charge in [0, 0.05) is 11.1 Å². The number of aromatic nitrogens is 2. The predicted octanol–water partition coefficient (Wildman–Crippen LogP) is 1.70. The van der Waals surface area contributed by atoms with Crippen LogP contribution in [0.3, 0.4) is 0 Å². The quantitative estimate of drug-likeness (QED) is 0.836. The van der Waals surface area contributed by atoms with Crippen LogP contribution < -0.4 is 0 Å². The lowest BCUT2D eigenvalue weighted by molar-refractivity contribution is -0.136. The molecule has 82 valence electrons. The lowest BCUT2D eigenvalue weighted by Crippen LogP contribution is -2.06. The third kappa shape index (κ3) is 1.98. The topological polar surface area (TPSA) is 63.1 Å². The second kappa shape index (κ2) is 3.84. The summed E-state index contributed by atoms with van der Waals surface area (Å²) in [5.74, 6) is -1.10. The van der Waals surface area contributed by atoms with Gasteiger partial charge in [0.2, 0.25) is 0 Å². The number of hydrogen-bond donors (Lipinski definition) is 1. The monoisotopic (exact) mass is 220 g/mol. The number of fused-ring (bicyclic) bond motifs is 1. The Morgan fingerprint density at radius 2 is 2.19 bits per heavy atom. The zero-order chi connectivity index (χ0) is 11.7. The van der Waals surface area contributed by atoms with Gasteiger partial charge in [0.05, 0.1) is 5.52 Å². The number of benzene rings is 1. The van der Waals surface area contributed by atoms with Gasteiger partial charge in [-0.3, -0.25) is 4.79 Å².